The van der Waals surface area contributed by atoms with Crippen molar-refractivity contribution in [2.75, 3.05) is 19.4 Å². The van der Waals surface area contributed by atoms with E-state index in [2.05, 4.69) is 10.6 Å². The Hall–Kier alpha value is -1.06. The fraction of sp³-hybridized carbons (Fsp3) is 0.333. The Labute approximate surface area is 72.4 Å². The maximum atomic E-state index is 9.41. The van der Waals surface area contributed by atoms with Gasteiger partial charge in [-0.2, -0.15) is 0 Å². The number of nitrogens with one attached hydrogen (secondary N) is 2. The lowest BCUT2D eigenvalue weighted by Gasteiger charge is -2.10. The highest BCUT2D eigenvalue weighted by molar-refractivity contribution is 5.45. The summed E-state index contributed by atoms with van der Waals surface area (Å²) >= 11 is 0. The average Bonchev–Trinajstić information content (AvgIpc) is 2.17. The molecule has 0 fully saturated rings. The van der Waals surface area contributed by atoms with Crippen molar-refractivity contribution in [2.24, 2.45) is 0 Å². The molecular formula is C9H14N2O. The van der Waals surface area contributed by atoms with Gasteiger partial charge in [0.25, 0.3) is 0 Å². The Balaban J connectivity index is 2.86. The summed E-state index contributed by atoms with van der Waals surface area (Å²) in [6, 6.07) is 7.64. The van der Waals surface area contributed by atoms with Crippen molar-refractivity contribution >= 4 is 5.69 Å². The van der Waals surface area contributed by atoms with E-state index in [9.17, 15) is 5.11 Å². The van der Waals surface area contributed by atoms with Crippen LogP contribution in [0.15, 0.2) is 24.3 Å². The third-order valence-electron chi connectivity index (χ3n) is 1.76. The third kappa shape index (κ3) is 1.96. The Bertz CT molecular complexity index is 250. The fourth-order valence-electron chi connectivity index (χ4n) is 1.03. The Morgan fingerprint density at radius 1 is 1.33 bits per heavy atom. The molecule has 3 heteroatoms. The molecule has 0 aliphatic rings. The lowest BCUT2D eigenvalue weighted by atomic mass is 10.2. The maximum Gasteiger partial charge on any atom is 0.130 e. The lowest BCUT2D eigenvalue weighted by molar-refractivity contribution is 0.149. The predicted octanol–water partition coefficient (Wildman–Crippen LogP) is 0.939. The van der Waals surface area contributed by atoms with E-state index in [1.807, 2.05) is 31.3 Å². The summed E-state index contributed by atoms with van der Waals surface area (Å²) in [6.45, 7) is 0. The molecule has 0 heterocycles. The summed E-state index contributed by atoms with van der Waals surface area (Å²) in [5, 5.41) is 15.2. The normalized spacial score (nSPS) is 12.6. The monoisotopic (exact) mass is 166 g/mol. The molecule has 0 saturated carbocycles. The summed E-state index contributed by atoms with van der Waals surface area (Å²) in [5.74, 6) is 0. The minimum atomic E-state index is -0.585. The molecular weight excluding hydrogens is 152 g/mol. The van der Waals surface area contributed by atoms with E-state index >= 15 is 0 Å². The Kier molecular flexibility index (Phi) is 3.08. The van der Waals surface area contributed by atoms with Crippen LogP contribution >= 0.6 is 0 Å². The molecule has 66 valence electrons. The highest BCUT2D eigenvalue weighted by Gasteiger charge is 2.02. The van der Waals surface area contributed by atoms with Gasteiger partial charge in [0.15, 0.2) is 0 Å². The predicted molar refractivity (Wildman–Crippen MR) is 50.0 cm³/mol. The minimum absolute atomic E-state index is 0.585. The summed E-state index contributed by atoms with van der Waals surface area (Å²) in [4.78, 5) is 0. The number of benzene rings is 1. The van der Waals surface area contributed by atoms with Crippen molar-refractivity contribution in [3.8, 4) is 0 Å². The van der Waals surface area contributed by atoms with E-state index in [1.165, 1.54) is 0 Å². The Morgan fingerprint density at radius 2 is 2.08 bits per heavy atom. The molecule has 3 nitrogen and oxygen atoms in total. The largest absolute Gasteiger partial charge is 0.388 e. The first-order chi connectivity index (χ1) is 5.77. The van der Waals surface area contributed by atoms with Gasteiger partial charge in [-0.05, 0) is 24.7 Å². The zero-order valence-corrected chi connectivity index (χ0v) is 7.33. The van der Waals surface area contributed by atoms with Gasteiger partial charge in [0.05, 0.1) is 0 Å². The van der Waals surface area contributed by atoms with Crippen LogP contribution in [0.4, 0.5) is 5.69 Å². The van der Waals surface area contributed by atoms with Gasteiger partial charge >= 0.3 is 0 Å². The van der Waals surface area contributed by atoms with Crippen molar-refractivity contribution < 1.29 is 5.11 Å². The van der Waals surface area contributed by atoms with Crippen molar-refractivity contribution in [1.82, 2.24) is 5.32 Å². The molecule has 0 amide bonds. The molecule has 0 bridgehead atoms. The molecule has 0 aromatic heterocycles. The van der Waals surface area contributed by atoms with Crippen LogP contribution in [0.2, 0.25) is 0 Å². The SMILES string of the molecule is CNc1cccc(C(O)NC)c1. The second kappa shape index (κ2) is 4.09. The smallest absolute Gasteiger partial charge is 0.130 e. The van der Waals surface area contributed by atoms with Crippen LogP contribution < -0.4 is 10.6 Å². The highest BCUT2D eigenvalue weighted by atomic mass is 16.3. The molecule has 1 aromatic rings. The van der Waals surface area contributed by atoms with Crippen LogP contribution in [0.1, 0.15) is 11.8 Å². The fourth-order valence-corrected chi connectivity index (χ4v) is 1.03. The van der Waals surface area contributed by atoms with Gasteiger partial charge in [0.1, 0.15) is 6.23 Å². The number of aliphatic hydroxyl groups is 1. The van der Waals surface area contributed by atoms with Crippen LogP contribution in [-0.2, 0) is 0 Å². The van der Waals surface area contributed by atoms with Crippen molar-refractivity contribution in [1.29, 1.82) is 0 Å². The molecule has 1 unspecified atom stereocenters. The van der Waals surface area contributed by atoms with Gasteiger partial charge in [-0.3, -0.25) is 5.32 Å². The summed E-state index contributed by atoms with van der Waals surface area (Å²) in [7, 11) is 3.57. The molecule has 0 aliphatic heterocycles. The van der Waals surface area contributed by atoms with E-state index in [4.69, 9.17) is 0 Å². The van der Waals surface area contributed by atoms with E-state index in [0.717, 1.165) is 11.3 Å². The number of hydrogen-bond acceptors (Lipinski definition) is 3. The van der Waals surface area contributed by atoms with Gasteiger partial charge < -0.3 is 10.4 Å². The second-order valence-electron chi connectivity index (χ2n) is 2.57. The van der Waals surface area contributed by atoms with Gasteiger partial charge in [0.2, 0.25) is 0 Å². The Morgan fingerprint density at radius 3 is 2.67 bits per heavy atom. The van der Waals surface area contributed by atoms with Crippen LogP contribution in [-0.4, -0.2) is 19.2 Å². The standard InChI is InChI=1S/C9H14N2O/c1-10-8-5-3-4-7(6-8)9(12)11-2/h3-6,9-12H,1-2H3. The van der Waals surface area contributed by atoms with Gasteiger partial charge in [0, 0.05) is 12.7 Å². The first-order valence-electron chi connectivity index (χ1n) is 3.91. The van der Waals surface area contributed by atoms with Crippen LogP contribution in [0.25, 0.3) is 0 Å². The first kappa shape index (κ1) is 9.03. The number of rotatable bonds is 3. The zero-order valence-electron chi connectivity index (χ0n) is 7.33. The third-order valence-corrected chi connectivity index (χ3v) is 1.76. The van der Waals surface area contributed by atoms with E-state index in [1.54, 1.807) is 7.05 Å². The number of hydrogen-bond donors (Lipinski definition) is 3. The van der Waals surface area contributed by atoms with Crippen molar-refractivity contribution in [3.05, 3.63) is 29.8 Å². The first-order valence-corrected chi connectivity index (χ1v) is 3.91. The van der Waals surface area contributed by atoms with E-state index in [-0.39, 0.29) is 0 Å². The quantitative estimate of drug-likeness (QED) is 0.585. The lowest BCUT2D eigenvalue weighted by Crippen LogP contribution is -2.15. The molecule has 0 aliphatic carbocycles. The summed E-state index contributed by atoms with van der Waals surface area (Å²) < 4.78 is 0. The number of aliphatic hydroxyl groups excluding tert-OH is 1. The zero-order chi connectivity index (χ0) is 8.97. The molecule has 3 N–H and O–H groups in total. The minimum Gasteiger partial charge on any atom is -0.388 e. The molecule has 0 radical (unpaired) electrons. The summed E-state index contributed by atoms with van der Waals surface area (Å²) in [6.07, 6.45) is -0.585. The van der Waals surface area contributed by atoms with Gasteiger partial charge in [-0.25, -0.2) is 0 Å². The molecule has 1 rings (SSSR count). The summed E-state index contributed by atoms with van der Waals surface area (Å²) in [5.41, 5.74) is 1.87. The molecule has 1 atom stereocenters. The van der Waals surface area contributed by atoms with Crippen LogP contribution in [0, 0.1) is 0 Å². The molecule has 1 aromatic carbocycles. The van der Waals surface area contributed by atoms with E-state index in [0.29, 0.717) is 0 Å². The van der Waals surface area contributed by atoms with Crippen molar-refractivity contribution in [3.63, 3.8) is 0 Å². The van der Waals surface area contributed by atoms with E-state index < -0.39 is 6.23 Å². The topological polar surface area (TPSA) is 44.3 Å². The van der Waals surface area contributed by atoms with Gasteiger partial charge in [-0.1, -0.05) is 12.1 Å². The van der Waals surface area contributed by atoms with Crippen LogP contribution in [0.3, 0.4) is 0 Å². The highest BCUT2D eigenvalue weighted by Crippen LogP contribution is 2.14. The number of anilines is 1. The molecule has 0 spiro atoms. The second-order valence-corrected chi connectivity index (χ2v) is 2.57. The van der Waals surface area contributed by atoms with Crippen LogP contribution in [0.5, 0.6) is 0 Å². The maximum absolute atomic E-state index is 9.41. The average molecular weight is 166 g/mol. The van der Waals surface area contributed by atoms with Crippen molar-refractivity contribution in [2.45, 2.75) is 6.23 Å². The molecule has 0 saturated heterocycles. The van der Waals surface area contributed by atoms with Gasteiger partial charge in [-0.15, -0.1) is 0 Å². The molecule has 12 heavy (non-hydrogen) atoms.